The van der Waals surface area contributed by atoms with Crippen LogP contribution in [0.25, 0.3) is 0 Å². The fourth-order valence-corrected chi connectivity index (χ4v) is 3.58. The summed E-state index contributed by atoms with van der Waals surface area (Å²) in [4.78, 5) is 12.3. The molecule has 1 aliphatic rings. The fourth-order valence-electron chi connectivity index (χ4n) is 2.67. The van der Waals surface area contributed by atoms with E-state index < -0.39 is 0 Å². The van der Waals surface area contributed by atoms with E-state index in [9.17, 15) is 4.79 Å². The highest BCUT2D eigenvalue weighted by atomic mass is 32.2. The van der Waals surface area contributed by atoms with E-state index in [0.29, 0.717) is 23.5 Å². The highest BCUT2D eigenvalue weighted by Crippen LogP contribution is 2.39. The van der Waals surface area contributed by atoms with Gasteiger partial charge in [0.15, 0.2) is 0 Å². The Morgan fingerprint density at radius 3 is 2.75 bits per heavy atom. The van der Waals surface area contributed by atoms with E-state index in [4.69, 9.17) is 10.5 Å². The third-order valence-corrected chi connectivity index (χ3v) is 5.44. The summed E-state index contributed by atoms with van der Waals surface area (Å²) in [5, 5.41) is 3.03. The second-order valence-electron chi connectivity index (χ2n) is 5.23. The molecular formula is C15H22N2O2S. The molecule has 1 saturated carbocycles. The Bertz CT molecular complexity index is 485. The average Bonchev–Trinajstić information content (AvgIpc) is 2.95. The van der Waals surface area contributed by atoms with Gasteiger partial charge in [-0.25, -0.2) is 0 Å². The fraction of sp³-hybridized carbons (Fsp3) is 0.533. The Morgan fingerprint density at radius 2 is 2.15 bits per heavy atom. The van der Waals surface area contributed by atoms with Gasteiger partial charge in [0.1, 0.15) is 5.75 Å². The van der Waals surface area contributed by atoms with E-state index in [1.54, 1.807) is 25.3 Å². The number of nitrogens with two attached hydrogens (primary N) is 1. The molecule has 1 aromatic carbocycles. The largest absolute Gasteiger partial charge is 0.497 e. The molecule has 0 aromatic heterocycles. The molecule has 20 heavy (non-hydrogen) atoms. The third-order valence-electron chi connectivity index (χ3n) is 4.02. The van der Waals surface area contributed by atoms with Crippen LogP contribution in [-0.4, -0.2) is 30.6 Å². The number of rotatable bonds is 5. The predicted molar refractivity (Wildman–Crippen MR) is 84.5 cm³/mol. The Labute approximate surface area is 124 Å². The molecule has 0 saturated heterocycles. The molecule has 4 nitrogen and oxygen atoms in total. The van der Waals surface area contributed by atoms with Crippen LogP contribution in [-0.2, 0) is 0 Å². The second kappa shape index (κ2) is 6.39. The minimum atomic E-state index is -0.123. The first-order chi connectivity index (χ1) is 9.60. The molecule has 110 valence electrons. The highest BCUT2D eigenvalue weighted by Gasteiger charge is 2.33. The number of anilines is 1. The number of hydrogen-bond donors (Lipinski definition) is 2. The van der Waals surface area contributed by atoms with Crippen molar-refractivity contribution in [3.05, 3.63) is 23.8 Å². The molecule has 0 unspecified atom stereocenters. The summed E-state index contributed by atoms with van der Waals surface area (Å²) in [7, 11) is 1.58. The number of amides is 1. The van der Waals surface area contributed by atoms with Crippen molar-refractivity contribution in [2.45, 2.75) is 30.4 Å². The maximum absolute atomic E-state index is 12.3. The molecule has 1 aliphatic carbocycles. The van der Waals surface area contributed by atoms with E-state index in [0.717, 1.165) is 0 Å². The van der Waals surface area contributed by atoms with Gasteiger partial charge in [0, 0.05) is 17.0 Å². The summed E-state index contributed by atoms with van der Waals surface area (Å²) in [6, 6.07) is 5.14. The van der Waals surface area contributed by atoms with Crippen molar-refractivity contribution in [3.8, 4) is 5.75 Å². The minimum Gasteiger partial charge on any atom is -0.497 e. The van der Waals surface area contributed by atoms with Crippen LogP contribution < -0.4 is 15.8 Å². The predicted octanol–water partition coefficient (Wildman–Crippen LogP) is 2.68. The van der Waals surface area contributed by atoms with Gasteiger partial charge in [-0.2, -0.15) is 11.8 Å². The van der Waals surface area contributed by atoms with Crippen molar-refractivity contribution in [1.82, 2.24) is 5.32 Å². The number of thioether (sulfide) groups is 1. The molecule has 1 fully saturated rings. The van der Waals surface area contributed by atoms with Crippen molar-refractivity contribution in [2.75, 3.05) is 25.6 Å². The van der Waals surface area contributed by atoms with Crippen LogP contribution in [0.5, 0.6) is 5.75 Å². The molecule has 0 atom stereocenters. The lowest BCUT2D eigenvalue weighted by Gasteiger charge is -2.27. The number of benzene rings is 1. The van der Waals surface area contributed by atoms with Crippen molar-refractivity contribution >= 4 is 23.4 Å². The van der Waals surface area contributed by atoms with Gasteiger partial charge in [-0.1, -0.05) is 12.8 Å². The summed E-state index contributed by atoms with van der Waals surface area (Å²) in [6.45, 7) is 0.698. The van der Waals surface area contributed by atoms with Gasteiger partial charge in [-0.05, 0) is 37.3 Å². The quantitative estimate of drug-likeness (QED) is 0.820. The second-order valence-corrected chi connectivity index (χ2v) is 6.50. The molecule has 0 aliphatic heterocycles. The molecule has 0 radical (unpaired) electrons. The zero-order valence-electron chi connectivity index (χ0n) is 12.1. The Morgan fingerprint density at radius 1 is 1.45 bits per heavy atom. The normalized spacial score (nSPS) is 16.9. The first-order valence-corrected chi connectivity index (χ1v) is 8.09. The number of methoxy groups -OCH3 is 1. The Kier molecular flexibility index (Phi) is 4.81. The molecule has 0 bridgehead atoms. The molecular weight excluding hydrogens is 272 g/mol. The maximum Gasteiger partial charge on any atom is 0.253 e. The van der Waals surface area contributed by atoms with Crippen LogP contribution in [0.1, 0.15) is 36.0 Å². The Hall–Kier alpha value is -1.36. The molecule has 1 amide bonds. The lowest BCUT2D eigenvalue weighted by Crippen LogP contribution is -2.38. The van der Waals surface area contributed by atoms with Gasteiger partial charge in [0.2, 0.25) is 0 Å². The number of carbonyl (C=O) groups is 1. The maximum atomic E-state index is 12.3. The summed E-state index contributed by atoms with van der Waals surface area (Å²) in [5.41, 5.74) is 6.84. The van der Waals surface area contributed by atoms with E-state index in [1.807, 2.05) is 11.8 Å². The van der Waals surface area contributed by atoms with Gasteiger partial charge in [0.05, 0.1) is 12.7 Å². The van der Waals surface area contributed by atoms with Crippen molar-refractivity contribution in [3.63, 3.8) is 0 Å². The number of nitrogens with one attached hydrogen (secondary N) is 1. The Balaban J connectivity index is 2.04. The van der Waals surface area contributed by atoms with Gasteiger partial charge >= 0.3 is 0 Å². The van der Waals surface area contributed by atoms with Gasteiger partial charge < -0.3 is 15.8 Å². The number of ether oxygens (including phenoxy) is 1. The molecule has 0 spiro atoms. The monoisotopic (exact) mass is 294 g/mol. The smallest absolute Gasteiger partial charge is 0.253 e. The van der Waals surface area contributed by atoms with Crippen molar-refractivity contribution in [1.29, 1.82) is 0 Å². The molecule has 3 N–H and O–H groups in total. The first kappa shape index (κ1) is 15.0. The zero-order valence-corrected chi connectivity index (χ0v) is 12.9. The summed E-state index contributed by atoms with van der Waals surface area (Å²) in [5.74, 6) is 0.520. The summed E-state index contributed by atoms with van der Waals surface area (Å²) < 4.78 is 5.34. The van der Waals surface area contributed by atoms with E-state index in [2.05, 4.69) is 11.6 Å². The molecule has 0 heterocycles. The molecule has 1 aromatic rings. The van der Waals surface area contributed by atoms with Crippen LogP contribution in [0.15, 0.2) is 18.2 Å². The van der Waals surface area contributed by atoms with E-state index >= 15 is 0 Å². The van der Waals surface area contributed by atoms with Crippen LogP contribution in [0.2, 0.25) is 0 Å². The SMILES string of the molecule is COc1ccc(N)c(C(=O)NCC2(SC)CCCC2)c1. The summed E-state index contributed by atoms with van der Waals surface area (Å²) >= 11 is 1.86. The standard InChI is InChI=1S/C15H22N2O2S/c1-19-11-5-6-13(16)12(9-11)14(18)17-10-15(20-2)7-3-4-8-15/h5-6,9H,3-4,7-8,10,16H2,1-2H3,(H,17,18). The van der Waals surface area contributed by atoms with Crippen LogP contribution >= 0.6 is 11.8 Å². The minimum absolute atomic E-state index is 0.123. The van der Waals surface area contributed by atoms with Crippen LogP contribution in [0.4, 0.5) is 5.69 Å². The van der Waals surface area contributed by atoms with E-state index in [1.165, 1.54) is 25.7 Å². The average molecular weight is 294 g/mol. The molecule has 2 rings (SSSR count). The van der Waals surface area contributed by atoms with Gasteiger partial charge in [0.25, 0.3) is 5.91 Å². The number of nitrogen functional groups attached to an aromatic ring is 1. The first-order valence-electron chi connectivity index (χ1n) is 6.87. The van der Waals surface area contributed by atoms with Crippen LogP contribution in [0.3, 0.4) is 0 Å². The lowest BCUT2D eigenvalue weighted by molar-refractivity contribution is 0.0950. The van der Waals surface area contributed by atoms with Crippen molar-refractivity contribution in [2.24, 2.45) is 0 Å². The number of hydrogen-bond acceptors (Lipinski definition) is 4. The molecule has 5 heteroatoms. The van der Waals surface area contributed by atoms with Gasteiger partial charge in [-0.15, -0.1) is 0 Å². The highest BCUT2D eigenvalue weighted by molar-refractivity contribution is 8.00. The van der Waals surface area contributed by atoms with Gasteiger partial charge in [-0.3, -0.25) is 4.79 Å². The topological polar surface area (TPSA) is 64.3 Å². The number of carbonyl (C=O) groups excluding carboxylic acids is 1. The van der Waals surface area contributed by atoms with Crippen molar-refractivity contribution < 1.29 is 9.53 Å². The lowest BCUT2D eigenvalue weighted by atomic mass is 10.1. The third kappa shape index (κ3) is 3.20. The summed E-state index contributed by atoms with van der Waals surface area (Å²) in [6.07, 6.45) is 6.96. The van der Waals surface area contributed by atoms with E-state index in [-0.39, 0.29) is 10.7 Å². The zero-order chi connectivity index (χ0) is 14.6. The van der Waals surface area contributed by atoms with Crippen LogP contribution in [0, 0.1) is 0 Å².